The second-order valence-electron chi connectivity index (χ2n) is 11.1. The van der Waals surface area contributed by atoms with Crippen molar-refractivity contribution in [1.29, 1.82) is 0 Å². The fraction of sp³-hybridized carbons (Fsp3) is 0.958. The Kier molecular flexibility index (Phi) is 5.28. The Morgan fingerprint density at radius 3 is 2.41 bits per heavy atom. The average molecular weight is 393 g/mol. The lowest BCUT2D eigenvalue weighted by atomic mass is 9.44. The van der Waals surface area contributed by atoms with Gasteiger partial charge in [0.2, 0.25) is 0 Å². The Hall–Kier alpha value is -0.0200. The summed E-state index contributed by atoms with van der Waals surface area (Å²) in [6.45, 7) is 9.30. The van der Waals surface area contributed by atoms with Crippen molar-refractivity contribution in [3.8, 4) is 0 Å². The summed E-state index contributed by atoms with van der Waals surface area (Å²) < 4.78 is 6.30. The van der Waals surface area contributed by atoms with Crippen molar-refractivity contribution < 1.29 is 9.53 Å². The van der Waals surface area contributed by atoms with E-state index < -0.39 is 0 Å². The molecule has 154 valence electrons. The standard InChI is InChI=1S/C24H40O2S/c1-16(25)19-8-9-20-18-7-6-17-14-22(2,26-15-27-5)12-13-23(17,3)21(18)10-11-24(19,20)4/h17-21H,6-15H2,1-5H3/t17-,18+,19+,20-,21-,22+,23-,24+/m0/s1. The predicted molar refractivity (Wildman–Crippen MR) is 114 cm³/mol. The molecule has 0 N–H and O–H groups in total. The van der Waals surface area contributed by atoms with E-state index in [1.165, 1.54) is 51.4 Å². The summed E-state index contributed by atoms with van der Waals surface area (Å²) in [4.78, 5) is 12.3. The Morgan fingerprint density at radius 2 is 1.70 bits per heavy atom. The van der Waals surface area contributed by atoms with Crippen LogP contribution in [0.15, 0.2) is 0 Å². The number of ether oxygens (including phenoxy) is 1. The van der Waals surface area contributed by atoms with Gasteiger partial charge in [0.05, 0.1) is 11.5 Å². The molecule has 3 heteroatoms. The fourth-order valence-electron chi connectivity index (χ4n) is 8.42. The van der Waals surface area contributed by atoms with Crippen molar-refractivity contribution in [1.82, 2.24) is 0 Å². The monoisotopic (exact) mass is 392 g/mol. The molecule has 27 heavy (non-hydrogen) atoms. The number of fused-ring (bicyclic) bond motifs is 5. The summed E-state index contributed by atoms with van der Waals surface area (Å²) in [6.07, 6.45) is 13.8. The third-order valence-corrected chi connectivity index (χ3v) is 10.3. The van der Waals surface area contributed by atoms with Gasteiger partial charge in [0.15, 0.2) is 0 Å². The predicted octanol–water partition coefficient (Wildman–Crippen LogP) is 6.33. The van der Waals surface area contributed by atoms with Gasteiger partial charge < -0.3 is 4.74 Å². The molecular formula is C24H40O2S. The van der Waals surface area contributed by atoms with Crippen LogP contribution in [0.5, 0.6) is 0 Å². The number of Topliss-reactive ketones (excluding diaryl/α,β-unsaturated/α-hetero) is 1. The maximum absolute atomic E-state index is 12.3. The highest BCUT2D eigenvalue weighted by molar-refractivity contribution is 7.98. The molecule has 0 bridgehead atoms. The van der Waals surface area contributed by atoms with Crippen molar-refractivity contribution in [2.45, 2.75) is 91.1 Å². The van der Waals surface area contributed by atoms with Crippen LogP contribution >= 0.6 is 11.8 Å². The highest BCUT2D eigenvalue weighted by Gasteiger charge is 2.61. The van der Waals surface area contributed by atoms with E-state index in [9.17, 15) is 4.79 Å². The molecule has 0 aromatic carbocycles. The molecule has 0 aromatic heterocycles. The number of thioether (sulfide) groups is 1. The molecule has 8 atom stereocenters. The van der Waals surface area contributed by atoms with E-state index in [1.807, 2.05) is 6.92 Å². The first-order valence-electron chi connectivity index (χ1n) is 11.4. The van der Waals surface area contributed by atoms with Crippen molar-refractivity contribution >= 4 is 17.5 Å². The van der Waals surface area contributed by atoms with Crippen LogP contribution in [-0.2, 0) is 9.53 Å². The SMILES string of the molecule is CSCO[C@]1(C)CC[C@@]2(C)[C@@H](CC[C@H]3[C@@H]2CC[C@]2(C)[C@@H](C(C)=O)CC[C@@H]32)C1. The molecule has 0 spiro atoms. The molecule has 0 heterocycles. The van der Waals surface area contributed by atoms with Gasteiger partial charge in [0.25, 0.3) is 0 Å². The van der Waals surface area contributed by atoms with Gasteiger partial charge in [-0.25, -0.2) is 0 Å². The maximum atomic E-state index is 12.3. The van der Waals surface area contributed by atoms with E-state index in [-0.39, 0.29) is 5.60 Å². The summed E-state index contributed by atoms with van der Waals surface area (Å²) in [6, 6.07) is 0. The highest BCUT2D eigenvalue weighted by atomic mass is 32.2. The molecule has 2 nitrogen and oxygen atoms in total. The fourth-order valence-corrected chi connectivity index (χ4v) is 8.82. The number of carbonyl (C=O) groups excluding carboxylic acids is 1. The van der Waals surface area contributed by atoms with Gasteiger partial charge in [0.1, 0.15) is 5.78 Å². The van der Waals surface area contributed by atoms with Crippen LogP contribution in [0.1, 0.15) is 85.5 Å². The lowest BCUT2D eigenvalue weighted by molar-refractivity contribution is -0.158. The van der Waals surface area contributed by atoms with Crippen LogP contribution in [0.4, 0.5) is 0 Å². The smallest absolute Gasteiger partial charge is 0.133 e. The zero-order chi connectivity index (χ0) is 19.4. The second-order valence-corrected chi connectivity index (χ2v) is 12.0. The molecule has 0 radical (unpaired) electrons. The summed E-state index contributed by atoms with van der Waals surface area (Å²) in [7, 11) is 0. The molecule has 4 aliphatic rings. The highest BCUT2D eigenvalue weighted by Crippen LogP contribution is 2.68. The maximum Gasteiger partial charge on any atom is 0.133 e. The molecule has 4 aliphatic carbocycles. The van der Waals surface area contributed by atoms with E-state index in [4.69, 9.17) is 4.74 Å². The molecule has 4 saturated carbocycles. The summed E-state index contributed by atoms with van der Waals surface area (Å²) in [5.41, 5.74) is 0.887. The van der Waals surface area contributed by atoms with E-state index in [0.29, 0.717) is 22.5 Å². The molecule has 4 rings (SSSR count). The number of hydrogen-bond donors (Lipinski definition) is 0. The van der Waals surface area contributed by atoms with Gasteiger partial charge in [0, 0.05) is 5.92 Å². The number of hydrogen-bond acceptors (Lipinski definition) is 3. The number of rotatable bonds is 4. The molecule has 0 amide bonds. The summed E-state index contributed by atoms with van der Waals surface area (Å²) in [5, 5.41) is 0. The van der Waals surface area contributed by atoms with Crippen LogP contribution < -0.4 is 0 Å². The van der Waals surface area contributed by atoms with Gasteiger partial charge in [-0.05, 0) is 112 Å². The lowest BCUT2D eigenvalue weighted by Gasteiger charge is -2.62. The Morgan fingerprint density at radius 1 is 0.963 bits per heavy atom. The minimum absolute atomic E-state index is 0.0935. The van der Waals surface area contributed by atoms with Crippen molar-refractivity contribution in [2.24, 2.45) is 40.4 Å². The minimum atomic E-state index is 0.0935. The molecule has 0 unspecified atom stereocenters. The van der Waals surface area contributed by atoms with Crippen LogP contribution in [0, 0.1) is 40.4 Å². The van der Waals surface area contributed by atoms with E-state index in [2.05, 4.69) is 27.0 Å². The second kappa shape index (κ2) is 7.04. The van der Waals surface area contributed by atoms with Crippen molar-refractivity contribution in [3.05, 3.63) is 0 Å². The first-order valence-corrected chi connectivity index (χ1v) is 12.8. The molecule has 0 aliphatic heterocycles. The van der Waals surface area contributed by atoms with E-state index in [1.54, 1.807) is 11.8 Å². The Bertz CT molecular complexity index is 591. The topological polar surface area (TPSA) is 26.3 Å². The van der Waals surface area contributed by atoms with Gasteiger partial charge in [-0.3, -0.25) is 4.79 Å². The largest absolute Gasteiger partial charge is 0.365 e. The van der Waals surface area contributed by atoms with Crippen molar-refractivity contribution in [3.63, 3.8) is 0 Å². The lowest BCUT2D eigenvalue weighted by Crippen LogP contribution is -2.56. The quantitative estimate of drug-likeness (QED) is 0.523. The van der Waals surface area contributed by atoms with E-state index >= 15 is 0 Å². The van der Waals surface area contributed by atoms with Crippen LogP contribution in [0.3, 0.4) is 0 Å². The first-order chi connectivity index (χ1) is 12.7. The Labute approximate surface area is 171 Å². The normalized spacial score (nSPS) is 52.0. The van der Waals surface area contributed by atoms with Gasteiger partial charge in [-0.2, -0.15) is 0 Å². The molecule has 4 fully saturated rings. The molecule has 0 aromatic rings. The summed E-state index contributed by atoms with van der Waals surface area (Å²) in [5.74, 6) is 4.99. The Balaban J connectivity index is 1.53. The number of carbonyl (C=O) groups is 1. The van der Waals surface area contributed by atoms with Crippen molar-refractivity contribution in [2.75, 3.05) is 12.2 Å². The van der Waals surface area contributed by atoms with Crippen LogP contribution in [0.2, 0.25) is 0 Å². The van der Waals surface area contributed by atoms with Gasteiger partial charge in [-0.1, -0.05) is 13.8 Å². The van der Waals surface area contributed by atoms with E-state index in [0.717, 1.165) is 36.0 Å². The molecular weight excluding hydrogens is 352 g/mol. The average Bonchev–Trinajstić information content (AvgIpc) is 2.98. The number of ketones is 1. The third kappa shape index (κ3) is 3.14. The summed E-state index contributed by atoms with van der Waals surface area (Å²) >= 11 is 1.80. The van der Waals surface area contributed by atoms with Gasteiger partial charge >= 0.3 is 0 Å². The van der Waals surface area contributed by atoms with Gasteiger partial charge in [-0.15, -0.1) is 11.8 Å². The zero-order valence-electron chi connectivity index (χ0n) is 18.2. The first kappa shape index (κ1) is 20.3. The van der Waals surface area contributed by atoms with Crippen LogP contribution in [-0.4, -0.2) is 23.6 Å². The minimum Gasteiger partial charge on any atom is -0.365 e. The zero-order valence-corrected chi connectivity index (χ0v) is 19.0. The molecule has 0 saturated heterocycles. The van der Waals surface area contributed by atoms with Crippen LogP contribution in [0.25, 0.3) is 0 Å². The third-order valence-electron chi connectivity index (χ3n) is 9.95.